The molecule has 2 aromatic heterocycles. The highest BCUT2D eigenvalue weighted by molar-refractivity contribution is 5.94. The summed E-state index contributed by atoms with van der Waals surface area (Å²) >= 11 is 0. The molecule has 1 atom stereocenters. The van der Waals surface area contributed by atoms with Crippen LogP contribution in [0.2, 0.25) is 0 Å². The van der Waals surface area contributed by atoms with Gasteiger partial charge in [-0.3, -0.25) is 9.78 Å². The van der Waals surface area contributed by atoms with Crippen molar-refractivity contribution in [2.45, 2.75) is 38.9 Å². The Labute approximate surface area is 165 Å². The summed E-state index contributed by atoms with van der Waals surface area (Å²) in [5, 5.41) is 0. The maximum Gasteiger partial charge on any atom is 0.256 e. The second-order valence-electron chi connectivity index (χ2n) is 7.64. The number of amides is 1. The molecule has 0 spiro atoms. The Balaban J connectivity index is 1.62. The lowest BCUT2D eigenvalue weighted by Gasteiger charge is -2.25. The van der Waals surface area contributed by atoms with E-state index < -0.39 is 0 Å². The van der Waals surface area contributed by atoms with E-state index >= 15 is 0 Å². The molecule has 6 nitrogen and oxygen atoms in total. The van der Waals surface area contributed by atoms with Crippen LogP contribution in [-0.4, -0.2) is 50.9 Å². The lowest BCUT2D eigenvalue weighted by molar-refractivity contribution is 0.0727. The third kappa shape index (κ3) is 3.40. The molecule has 0 radical (unpaired) electrons. The minimum absolute atomic E-state index is 0.0151. The van der Waals surface area contributed by atoms with Gasteiger partial charge in [0.05, 0.1) is 28.3 Å². The predicted molar refractivity (Wildman–Crippen MR) is 110 cm³/mol. The van der Waals surface area contributed by atoms with Crippen molar-refractivity contribution < 1.29 is 4.79 Å². The number of aryl methyl sites for hydroxylation is 1. The summed E-state index contributed by atoms with van der Waals surface area (Å²) in [6.07, 6.45) is 3.65. The van der Waals surface area contributed by atoms with Gasteiger partial charge >= 0.3 is 0 Å². The van der Waals surface area contributed by atoms with Crippen LogP contribution in [0.4, 0.5) is 0 Å². The number of imidazole rings is 1. The second kappa shape index (κ2) is 7.72. The summed E-state index contributed by atoms with van der Waals surface area (Å²) in [6.45, 7) is 4.50. The first-order valence-electron chi connectivity index (χ1n) is 9.94. The van der Waals surface area contributed by atoms with Crippen LogP contribution in [0.15, 0.2) is 42.6 Å². The number of para-hydroxylation sites is 2. The largest absolute Gasteiger partial charge is 0.328 e. The van der Waals surface area contributed by atoms with Crippen LogP contribution in [0.25, 0.3) is 11.0 Å². The van der Waals surface area contributed by atoms with Gasteiger partial charge in [-0.1, -0.05) is 12.1 Å². The first-order valence-corrected chi connectivity index (χ1v) is 9.94. The summed E-state index contributed by atoms with van der Waals surface area (Å²) in [7, 11) is 4.02. The number of rotatable bonds is 5. The molecule has 1 unspecified atom stereocenters. The average Bonchev–Trinajstić information content (AvgIpc) is 3.31. The van der Waals surface area contributed by atoms with Gasteiger partial charge in [-0.2, -0.15) is 0 Å². The average molecular weight is 377 g/mol. The fourth-order valence-electron chi connectivity index (χ4n) is 4.09. The number of hydrogen-bond donors (Lipinski definition) is 0. The molecule has 4 rings (SSSR count). The molecule has 1 saturated heterocycles. The standard InChI is InChI=1S/C22H27N5O/c1-4-26-19-9-6-5-8-18(19)24-21(26)20-10-7-13-27(20)22(28)16-11-12-17(23-14-16)15-25(2)3/h5-6,8-9,11-12,14,20H,4,7,10,13,15H2,1-3H3. The molecular weight excluding hydrogens is 350 g/mol. The minimum atomic E-state index is 0.0151. The van der Waals surface area contributed by atoms with Crippen molar-refractivity contribution in [1.82, 2.24) is 24.3 Å². The zero-order valence-electron chi connectivity index (χ0n) is 16.8. The zero-order valence-corrected chi connectivity index (χ0v) is 16.8. The van der Waals surface area contributed by atoms with Crippen LogP contribution < -0.4 is 0 Å². The first-order chi connectivity index (χ1) is 13.6. The van der Waals surface area contributed by atoms with Crippen LogP contribution in [-0.2, 0) is 13.1 Å². The maximum absolute atomic E-state index is 13.2. The van der Waals surface area contributed by atoms with Gasteiger partial charge in [0.1, 0.15) is 5.82 Å². The SMILES string of the molecule is CCn1c(C2CCCN2C(=O)c2ccc(CN(C)C)nc2)nc2ccccc21. The molecule has 28 heavy (non-hydrogen) atoms. The number of hydrogen-bond acceptors (Lipinski definition) is 4. The lowest BCUT2D eigenvalue weighted by atomic mass is 10.1. The molecule has 3 aromatic rings. The Bertz CT molecular complexity index is 976. The Morgan fingerprint density at radius 3 is 2.75 bits per heavy atom. The number of nitrogens with zero attached hydrogens (tertiary/aromatic N) is 5. The van der Waals surface area contributed by atoms with Crippen LogP contribution in [0.3, 0.4) is 0 Å². The Kier molecular flexibility index (Phi) is 5.13. The quantitative estimate of drug-likeness (QED) is 0.683. The van der Waals surface area contributed by atoms with Crippen molar-refractivity contribution in [3.8, 4) is 0 Å². The Morgan fingerprint density at radius 1 is 1.21 bits per heavy atom. The van der Waals surface area contributed by atoms with E-state index in [1.807, 2.05) is 49.3 Å². The lowest BCUT2D eigenvalue weighted by Crippen LogP contribution is -2.32. The van der Waals surface area contributed by atoms with Gasteiger partial charge in [-0.25, -0.2) is 4.98 Å². The Morgan fingerprint density at radius 2 is 2.04 bits per heavy atom. The van der Waals surface area contributed by atoms with Gasteiger partial charge in [-0.15, -0.1) is 0 Å². The van der Waals surface area contributed by atoms with E-state index in [9.17, 15) is 4.79 Å². The summed E-state index contributed by atoms with van der Waals surface area (Å²) in [5.74, 6) is 1.04. The minimum Gasteiger partial charge on any atom is -0.328 e. The molecular formula is C22H27N5O. The van der Waals surface area contributed by atoms with E-state index in [2.05, 4.69) is 27.4 Å². The van der Waals surface area contributed by atoms with Crippen molar-refractivity contribution in [3.05, 3.63) is 59.7 Å². The molecule has 146 valence electrons. The van der Waals surface area contributed by atoms with Gasteiger partial charge in [0.2, 0.25) is 0 Å². The topological polar surface area (TPSA) is 54.3 Å². The van der Waals surface area contributed by atoms with Gasteiger partial charge in [0.15, 0.2) is 0 Å². The molecule has 0 N–H and O–H groups in total. The van der Waals surface area contributed by atoms with E-state index in [4.69, 9.17) is 4.98 Å². The van der Waals surface area contributed by atoms with E-state index in [1.54, 1.807) is 6.20 Å². The summed E-state index contributed by atoms with van der Waals surface area (Å²) in [6, 6.07) is 12.0. The fourth-order valence-corrected chi connectivity index (χ4v) is 4.09. The molecule has 0 saturated carbocycles. The normalized spacial score (nSPS) is 17.0. The number of benzene rings is 1. The molecule has 6 heteroatoms. The molecule has 3 heterocycles. The number of carbonyl (C=O) groups is 1. The van der Waals surface area contributed by atoms with Crippen molar-refractivity contribution in [1.29, 1.82) is 0 Å². The maximum atomic E-state index is 13.2. The van der Waals surface area contributed by atoms with Crippen molar-refractivity contribution in [3.63, 3.8) is 0 Å². The molecule has 0 aliphatic carbocycles. The highest BCUT2D eigenvalue weighted by Crippen LogP contribution is 2.34. The van der Waals surface area contributed by atoms with Crippen molar-refractivity contribution >= 4 is 16.9 Å². The summed E-state index contributed by atoms with van der Waals surface area (Å²) in [5.41, 5.74) is 3.74. The van der Waals surface area contributed by atoms with Gasteiger partial charge in [0.25, 0.3) is 5.91 Å². The van der Waals surface area contributed by atoms with Gasteiger partial charge < -0.3 is 14.4 Å². The Hall–Kier alpha value is -2.73. The molecule has 0 bridgehead atoms. The molecule has 1 fully saturated rings. The molecule has 1 aliphatic heterocycles. The fraction of sp³-hybridized carbons (Fsp3) is 0.409. The van der Waals surface area contributed by atoms with Crippen LogP contribution in [0, 0.1) is 0 Å². The highest BCUT2D eigenvalue weighted by atomic mass is 16.2. The molecule has 1 aliphatic rings. The number of aromatic nitrogens is 3. The van der Waals surface area contributed by atoms with E-state index in [1.165, 1.54) is 0 Å². The van der Waals surface area contributed by atoms with Gasteiger partial charge in [-0.05, 0) is 58.1 Å². The number of carbonyl (C=O) groups excluding carboxylic acids is 1. The molecule has 1 aromatic carbocycles. The second-order valence-corrected chi connectivity index (χ2v) is 7.64. The van der Waals surface area contributed by atoms with Crippen molar-refractivity contribution in [2.75, 3.05) is 20.6 Å². The third-order valence-electron chi connectivity index (χ3n) is 5.36. The number of pyridine rings is 1. The number of likely N-dealkylation sites (tertiary alicyclic amines) is 1. The molecule has 1 amide bonds. The number of fused-ring (bicyclic) bond motifs is 1. The van der Waals surface area contributed by atoms with Crippen LogP contribution >= 0.6 is 0 Å². The summed E-state index contributed by atoms with van der Waals surface area (Å²) < 4.78 is 2.24. The highest BCUT2D eigenvalue weighted by Gasteiger charge is 2.34. The van der Waals surface area contributed by atoms with Gasteiger partial charge in [0, 0.05) is 25.8 Å². The van der Waals surface area contributed by atoms with Crippen LogP contribution in [0.5, 0.6) is 0 Å². The summed E-state index contributed by atoms with van der Waals surface area (Å²) in [4.78, 5) is 26.6. The van der Waals surface area contributed by atoms with E-state index in [0.717, 1.165) is 55.0 Å². The monoisotopic (exact) mass is 377 g/mol. The smallest absolute Gasteiger partial charge is 0.256 e. The van der Waals surface area contributed by atoms with Crippen molar-refractivity contribution in [2.24, 2.45) is 0 Å². The third-order valence-corrected chi connectivity index (χ3v) is 5.36. The first kappa shape index (κ1) is 18.6. The van der Waals surface area contributed by atoms with E-state index in [-0.39, 0.29) is 11.9 Å². The predicted octanol–water partition coefficient (Wildman–Crippen LogP) is 3.49. The van der Waals surface area contributed by atoms with E-state index in [0.29, 0.717) is 5.56 Å². The zero-order chi connectivity index (χ0) is 19.7. The van der Waals surface area contributed by atoms with Crippen LogP contribution in [0.1, 0.15) is 47.7 Å².